The first-order chi connectivity index (χ1) is 16.7. The van der Waals surface area contributed by atoms with Crippen LogP contribution in [0, 0.1) is 21.5 Å². The number of hydrogen-bond donors (Lipinski definition) is 2. The van der Waals surface area contributed by atoms with Crippen LogP contribution in [0.5, 0.6) is 0 Å². The molecule has 0 bridgehead atoms. The molecule has 0 radical (unpaired) electrons. The smallest absolute Gasteiger partial charge is 0.320 e. The van der Waals surface area contributed by atoms with E-state index in [1.165, 1.54) is 37.5 Å². The predicted molar refractivity (Wildman–Crippen MR) is 132 cm³/mol. The molecule has 2 amide bonds. The number of carbonyl (C=O) groups excluding carboxylic acids is 1. The summed E-state index contributed by atoms with van der Waals surface area (Å²) in [5.41, 5.74) is 1.91. The highest BCUT2D eigenvalue weighted by atomic mass is 32.2. The second-order valence-electron chi connectivity index (χ2n) is 12.4. The minimum absolute atomic E-state index is 0.233. The average Bonchev–Trinajstić information content (AvgIpc) is 3.44. The number of benzene rings is 1. The Hall–Kier alpha value is -2.42. The fourth-order valence-electron chi connectivity index (χ4n) is 7.22. The van der Waals surface area contributed by atoms with Crippen LogP contribution in [0.3, 0.4) is 0 Å². The molecule has 2 aromatic rings. The first-order valence-corrected chi connectivity index (χ1v) is 14.9. The van der Waals surface area contributed by atoms with Gasteiger partial charge < -0.3 is 9.80 Å². The predicted octanol–water partition coefficient (Wildman–Crippen LogP) is 3.97. The van der Waals surface area contributed by atoms with E-state index in [0.717, 1.165) is 57.1 Å². The van der Waals surface area contributed by atoms with Crippen molar-refractivity contribution >= 4 is 15.8 Å². The van der Waals surface area contributed by atoms with Gasteiger partial charge in [0.05, 0.1) is 9.73 Å². The molecule has 186 valence electrons. The molecule has 2 aliphatic heterocycles. The van der Waals surface area contributed by atoms with Crippen molar-refractivity contribution in [2.45, 2.75) is 61.7 Å². The van der Waals surface area contributed by atoms with E-state index < -0.39 is 9.73 Å². The largest absolute Gasteiger partial charge is 0.323 e. The van der Waals surface area contributed by atoms with Gasteiger partial charge in [0.15, 0.2) is 5.82 Å². The van der Waals surface area contributed by atoms with E-state index in [1.807, 2.05) is 29.2 Å². The molecule has 9 heteroatoms. The van der Waals surface area contributed by atoms with Crippen molar-refractivity contribution in [3.8, 4) is 0 Å². The van der Waals surface area contributed by atoms with E-state index in [9.17, 15) is 9.00 Å². The summed E-state index contributed by atoms with van der Waals surface area (Å²) < 4.78 is 19.6. The highest BCUT2D eigenvalue weighted by molar-refractivity contribution is 7.91. The molecule has 5 fully saturated rings. The molecular weight excluding hydrogens is 460 g/mol. The van der Waals surface area contributed by atoms with Gasteiger partial charge in [0, 0.05) is 60.0 Å². The van der Waals surface area contributed by atoms with Crippen LogP contribution in [0.15, 0.2) is 29.2 Å². The topological polar surface area (TPSA) is 106 Å². The number of likely N-dealkylation sites (tertiary alicyclic amines) is 2. The molecule has 35 heavy (non-hydrogen) atoms. The summed E-state index contributed by atoms with van der Waals surface area (Å²) >= 11 is 0. The molecule has 1 atom stereocenters. The third-order valence-electron chi connectivity index (χ3n) is 9.20. The van der Waals surface area contributed by atoms with Crippen LogP contribution in [0.4, 0.5) is 4.79 Å². The Labute approximate surface area is 206 Å². The lowest BCUT2D eigenvalue weighted by molar-refractivity contribution is -0.100. The minimum Gasteiger partial charge on any atom is -0.323 e. The zero-order chi connectivity index (χ0) is 24.0. The number of aromatic amines is 1. The zero-order valence-corrected chi connectivity index (χ0v) is 21.1. The quantitative estimate of drug-likeness (QED) is 0.656. The molecule has 1 aromatic heterocycles. The second kappa shape index (κ2) is 7.31. The number of amides is 2. The van der Waals surface area contributed by atoms with E-state index >= 15 is 0 Å². The summed E-state index contributed by atoms with van der Waals surface area (Å²) in [6, 6.07) is 7.95. The molecule has 1 unspecified atom stereocenters. The average molecular weight is 495 g/mol. The first kappa shape index (κ1) is 21.8. The van der Waals surface area contributed by atoms with Gasteiger partial charge in [-0.3, -0.25) is 5.10 Å². The van der Waals surface area contributed by atoms with Crippen LogP contribution < -0.4 is 0 Å². The summed E-state index contributed by atoms with van der Waals surface area (Å²) in [6.45, 7) is 3.61. The highest BCUT2D eigenvalue weighted by Crippen LogP contribution is 2.57. The van der Waals surface area contributed by atoms with Crippen molar-refractivity contribution in [3.05, 3.63) is 41.5 Å². The van der Waals surface area contributed by atoms with E-state index in [2.05, 4.69) is 15.1 Å². The van der Waals surface area contributed by atoms with Gasteiger partial charge in [-0.1, -0.05) is 12.1 Å². The van der Waals surface area contributed by atoms with Gasteiger partial charge in [-0.25, -0.2) is 18.8 Å². The fraction of sp³-hybridized carbons (Fsp3) is 0.654. The van der Waals surface area contributed by atoms with E-state index in [4.69, 9.17) is 9.76 Å². The Balaban J connectivity index is 0.844. The number of aromatic nitrogens is 3. The number of rotatable bonds is 5. The number of nitrogens with one attached hydrogen (secondary N) is 2. The van der Waals surface area contributed by atoms with Gasteiger partial charge in [0.25, 0.3) is 0 Å². The Bertz CT molecular complexity index is 1250. The molecule has 1 aromatic carbocycles. The van der Waals surface area contributed by atoms with Gasteiger partial charge in [-0.05, 0) is 68.6 Å². The number of hydrogen-bond acceptors (Lipinski definition) is 5. The Kier molecular flexibility index (Phi) is 4.56. The lowest BCUT2D eigenvalue weighted by Gasteiger charge is -2.63. The molecule has 2 spiro atoms. The van der Waals surface area contributed by atoms with Crippen LogP contribution in [-0.2, 0) is 16.1 Å². The van der Waals surface area contributed by atoms with Gasteiger partial charge in [-0.15, -0.1) is 0 Å². The van der Waals surface area contributed by atoms with Crippen molar-refractivity contribution in [2.24, 2.45) is 16.7 Å². The third-order valence-corrected chi connectivity index (χ3v) is 10.4. The molecule has 5 aliphatic rings. The monoisotopic (exact) mass is 494 g/mol. The second-order valence-corrected chi connectivity index (χ2v) is 14.6. The van der Waals surface area contributed by atoms with Crippen LogP contribution >= 0.6 is 0 Å². The van der Waals surface area contributed by atoms with Crippen molar-refractivity contribution in [3.63, 3.8) is 0 Å². The summed E-state index contributed by atoms with van der Waals surface area (Å²) in [5, 5.41) is 7.59. The summed E-state index contributed by atoms with van der Waals surface area (Å²) in [4.78, 5) is 22.4. The van der Waals surface area contributed by atoms with Crippen LogP contribution in [0.2, 0.25) is 0 Å². The van der Waals surface area contributed by atoms with E-state index in [0.29, 0.717) is 33.5 Å². The summed E-state index contributed by atoms with van der Waals surface area (Å²) in [6.07, 6.45) is 9.58. The SMILES string of the molecule is CS(=N)(=O)c1ccc(CC2CC3(C2)CN(C(=O)N2CC4(CC(c5n[nH]c(C6CC6)n5)C4)C2)C3)cc1. The van der Waals surface area contributed by atoms with Gasteiger partial charge in [0.1, 0.15) is 5.82 Å². The van der Waals surface area contributed by atoms with Crippen LogP contribution in [0.1, 0.15) is 67.6 Å². The van der Waals surface area contributed by atoms with E-state index in [1.54, 1.807) is 0 Å². The first-order valence-electron chi connectivity index (χ1n) is 13.0. The molecular formula is C26H34N6O2S. The van der Waals surface area contributed by atoms with E-state index in [-0.39, 0.29) is 6.03 Å². The number of nitrogens with zero attached hydrogens (tertiary/aromatic N) is 4. The van der Waals surface area contributed by atoms with Gasteiger partial charge in [-0.2, -0.15) is 5.10 Å². The van der Waals surface area contributed by atoms with Crippen molar-refractivity contribution in [2.75, 3.05) is 32.4 Å². The molecule has 3 saturated carbocycles. The van der Waals surface area contributed by atoms with Gasteiger partial charge >= 0.3 is 6.03 Å². The third kappa shape index (κ3) is 3.77. The minimum atomic E-state index is -2.64. The van der Waals surface area contributed by atoms with Gasteiger partial charge in [0.2, 0.25) is 0 Å². The standard InChI is InChI=1S/C26H34N6O2S/c1-35(27,34)21-6-2-17(3-7-21)8-18-9-25(10-18)13-31(14-25)24(33)32-15-26(16-32)11-20(12-26)23-28-22(29-30-23)19-4-5-19/h2-3,6-7,18-20,27H,4-5,8-16H2,1H3,(H,28,29,30). The molecule has 2 N–H and O–H groups in total. The van der Waals surface area contributed by atoms with Crippen LogP contribution in [0.25, 0.3) is 0 Å². The van der Waals surface area contributed by atoms with Crippen molar-refractivity contribution < 1.29 is 9.00 Å². The molecule has 7 rings (SSSR count). The number of carbonyl (C=O) groups is 1. The molecule has 2 saturated heterocycles. The molecule has 3 heterocycles. The normalized spacial score (nSPS) is 26.5. The maximum Gasteiger partial charge on any atom is 0.320 e. The maximum absolute atomic E-state index is 13.0. The zero-order valence-electron chi connectivity index (χ0n) is 20.3. The molecule has 8 nitrogen and oxygen atoms in total. The Morgan fingerprint density at radius 2 is 1.63 bits per heavy atom. The van der Waals surface area contributed by atoms with Crippen molar-refractivity contribution in [1.29, 1.82) is 4.78 Å². The fourth-order valence-corrected chi connectivity index (χ4v) is 7.88. The Morgan fingerprint density at radius 1 is 1.03 bits per heavy atom. The maximum atomic E-state index is 13.0. The lowest BCUT2D eigenvalue weighted by atomic mass is 9.56. The molecule has 3 aliphatic carbocycles. The summed E-state index contributed by atoms with van der Waals surface area (Å²) in [5.74, 6) is 3.81. The van der Waals surface area contributed by atoms with Crippen LogP contribution in [-0.4, -0.2) is 67.7 Å². The summed E-state index contributed by atoms with van der Waals surface area (Å²) in [7, 11) is -2.64. The van der Waals surface area contributed by atoms with Crippen molar-refractivity contribution in [1.82, 2.24) is 25.0 Å². The lowest BCUT2D eigenvalue weighted by Crippen LogP contribution is -2.70. The number of urea groups is 1. The Morgan fingerprint density at radius 3 is 2.20 bits per heavy atom. The number of H-pyrrole nitrogens is 1. The highest BCUT2D eigenvalue weighted by Gasteiger charge is 2.58.